The molecule has 1 saturated carbocycles. The Balaban J connectivity index is 1.44. The summed E-state index contributed by atoms with van der Waals surface area (Å²) in [7, 11) is 1.80. The van der Waals surface area contributed by atoms with Gasteiger partial charge in [0.1, 0.15) is 12.0 Å². The maximum Gasteiger partial charge on any atom is 0.317 e. The van der Waals surface area contributed by atoms with E-state index in [4.69, 9.17) is 4.52 Å². The molecule has 2 aliphatic rings. The molecule has 126 valence electrons. The molecule has 4 rings (SSSR count). The third-order valence-corrected chi connectivity index (χ3v) is 5.53. The van der Waals surface area contributed by atoms with Crippen molar-refractivity contribution in [2.75, 3.05) is 7.05 Å². The van der Waals surface area contributed by atoms with E-state index in [1.807, 2.05) is 0 Å². The Bertz CT molecular complexity index is 680. The highest BCUT2D eigenvalue weighted by Crippen LogP contribution is 2.40. The largest absolute Gasteiger partial charge is 0.364 e. The van der Waals surface area contributed by atoms with Crippen molar-refractivity contribution >= 4 is 6.03 Å². The molecular formula is C19H23N3O2. The van der Waals surface area contributed by atoms with Crippen molar-refractivity contribution in [1.29, 1.82) is 0 Å². The van der Waals surface area contributed by atoms with Crippen molar-refractivity contribution in [3.8, 4) is 0 Å². The van der Waals surface area contributed by atoms with Crippen LogP contribution in [0.5, 0.6) is 0 Å². The lowest BCUT2D eigenvalue weighted by Gasteiger charge is -2.26. The monoisotopic (exact) mass is 325 g/mol. The van der Waals surface area contributed by atoms with Crippen LogP contribution in [0, 0.1) is 11.8 Å². The summed E-state index contributed by atoms with van der Waals surface area (Å²) in [6, 6.07) is 10.8. The number of benzene rings is 1. The number of carbonyl (C=O) groups excluding carboxylic acids is 1. The molecule has 2 unspecified atom stereocenters. The van der Waals surface area contributed by atoms with Crippen LogP contribution in [-0.2, 0) is 19.4 Å². The van der Waals surface area contributed by atoms with E-state index in [2.05, 4.69) is 34.7 Å². The second kappa shape index (κ2) is 6.30. The Morgan fingerprint density at radius 2 is 1.88 bits per heavy atom. The smallest absolute Gasteiger partial charge is 0.317 e. The molecule has 2 aromatic rings. The molecule has 2 amide bonds. The van der Waals surface area contributed by atoms with Gasteiger partial charge in [0, 0.05) is 19.2 Å². The van der Waals surface area contributed by atoms with E-state index in [1.165, 1.54) is 30.2 Å². The number of hydrogen-bond donors (Lipinski definition) is 1. The third-order valence-electron chi connectivity index (χ3n) is 5.53. The first kappa shape index (κ1) is 15.2. The minimum Gasteiger partial charge on any atom is -0.364 e. The van der Waals surface area contributed by atoms with Gasteiger partial charge < -0.3 is 14.7 Å². The lowest BCUT2D eigenvalue weighted by molar-refractivity contribution is 0.193. The second-order valence-corrected chi connectivity index (χ2v) is 7.10. The van der Waals surface area contributed by atoms with Crippen LogP contribution in [0.3, 0.4) is 0 Å². The van der Waals surface area contributed by atoms with Gasteiger partial charge in [-0.05, 0) is 48.6 Å². The number of fused-ring (bicyclic) bond motifs is 3. The molecule has 0 aliphatic heterocycles. The molecule has 5 heteroatoms. The number of hydrogen-bond acceptors (Lipinski definition) is 3. The van der Waals surface area contributed by atoms with Crippen LogP contribution in [0.25, 0.3) is 0 Å². The zero-order valence-corrected chi connectivity index (χ0v) is 13.9. The summed E-state index contributed by atoms with van der Waals surface area (Å²) < 4.78 is 4.83. The Morgan fingerprint density at radius 1 is 1.21 bits per heavy atom. The topological polar surface area (TPSA) is 58.4 Å². The molecule has 24 heavy (non-hydrogen) atoms. The number of aromatic nitrogens is 1. The van der Waals surface area contributed by atoms with Gasteiger partial charge in [0.2, 0.25) is 0 Å². The van der Waals surface area contributed by atoms with E-state index in [9.17, 15) is 4.79 Å². The molecule has 2 aliphatic carbocycles. The van der Waals surface area contributed by atoms with Crippen LogP contribution in [0.2, 0.25) is 0 Å². The first-order chi connectivity index (χ1) is 11.7. The summed E-state index contributed by atoms with van der Waals surface area (Å²) in [5, 5.41) is 7.17. The summed E-state index contributed by atoms with van der Waals surface area (Å²) >= 11 is 0. The summed E-state index contributed by atoms with van der Waals surface area (Å²) in [5.41, 5.74) is 3.68. The highest BCUT2D eigenvalue weighted by atomic mass is 16.5. The van der Waals surface area contributed by atoms with Crippen molar-refractivity contribution in [3.63, 3.8) is 0 Å². The van der Waals surface area contributed by atoms with Crippen LogP contribution in [0.4, 0.5) is 4.79 Å². The maximum absolute atomic E-state index is 12.6. The maximum atomic E-state index is 12.6. The number of nitrogens with one attached hydrogen (secondary N) is 1. The highest BCUT2D eigenvalue weighted by molar-refractivity contribution is 5.74. The number of carbonyl (C=O) groups is 1. The van der Waals surface area contributed by atoms with E-state index in [-0.39, 0.29) is 12.1 Å². The molecule has 1 fully saturated rings. The predicted molar refractivity (Wildman–Crippen MR) is 90.4 cm³/mol. The van der Waals surface area contributed by atoms with Gasteiger partial charge in [-0.25, -0.2) is 4.79 Å². The zero-order valence-electron chi connectivity index (χ0n) is 13.9. The molecule has 5 nitrogen and oxygen atoms in total. The SMILES string of the molecule is CN(Cc1ccon1)C(=O)NC1C2CCC1Cc1ccccc1C2. The number of amides is 2. The van der Waals surface area contributed by atoms with Gasteiger partial charge in [0.15, 0.2) is 0 Å². The fourth-order valence-electron chi connectivity index (χ4n) is 4.27. The van der Waals surface area contributed by atoms with Crippen LogP contribution in [0.1, 0.15) is 29.7 Å². The van der Waals surface area contributed by atoms with Crippen LogP contribution in [-0.4, -0.2) is 29.2 Å². The second-order valence-electron chi connectivity index (χ2n) is 7.10. The molecule has 2 bridgehead atoms. The van der Waals surface area contributed by atoms with E-state index in [0.29, 0.717) is 18.4 Å². The number of nitrogens with zero attached hydrogens (tertiary/aromatic N) is 2. The predicted octanol–water partition coefficient (Wildman–Crippen LogP) is 3.01. The molecule has 1 heterocycles. The normalized spacial score (nSPS) is 25.0. The fraction of sp³-hybridized carbons (Fsp3) is 0.474. The molecule has 1 aromatic carbocycles. The van der Waals surface area contributed by atoms with E-state index >= 15 is 0 Å². The van der Waals surface area contributed by atoms with Gasteiger partial charge in [-0.3, -0.25) is 0 Å². The first-order valence-electron chi connectivity index (χ1n) is 8.68. The van der Waals surface area contributed by atoms with Crippen molar-refractivity contribution < 1.29 is 9.32 Å². The molecule has 0 saturated heterocycles. The minimum atomic E-state index is -0.0224. The van der Waals surface area contributed by atoms with Crippen molar-refractivity contribution in [3.05, 3.63) is 53.4 Å². The van der Waals surface area contributed by atoms with Crippen LogP contribution >= 0.6 is 0 Å². The van der Waals surface area contributed by atoms with E-state index in [0.717, 1.165) is 18.5 Å². The summed E-state index contributed by atoms with van der Waals surface area (Å²) in [6.07, 6.45) is 6.09. The standard InChI is InChI=1S/C19H23N3O2/c1-22(12-17-8-9-24-21-17)19(23)20-18-15-6-7-16(18)11-14-5-3-2-4-13(14)10-15/h2-5,8-9,15-16,18H,6-7,10-12H2,1H3,(H,20,23). The van der Waals surface area contributed by atoms with Crippen molar-refractivity contribution in [2.45, 2.75) is 38.3 Å². The Morgan fingerprint density at radius 3 is 2.46 bits per heavy atom. The van der Waals surface area contributed by atoms with E-state index < -0.39 is 0 Å². The third kappa shape index (κ3) is 2.90. The van der Waals surface area contributed by atoms with Gasteiger partial charge >= 0.3 is 6.03 Å². The van der Waals surface area contributed by atoms with Gasteiger partial charge in [-0.2, -0.15) is 0 Å². The lowest BCUT2D eigenvalue weighted by atomic mass is 9.94. The van der Waals surface area contributed by atoms with Gasteiger partial charge in [0.05, 0.1) is 6.54 Å². The average Bonchev–Trinajstić information content (AvgIpc) is 3.16. The Labute approximate surface area is 142 Å². The molecule has 0 radical (unpaired) electrons. The summed E-state index contributed by atoms with van der Waals surface area (Å²) in [4.78, 5) is 14.3. The lowest BCUT2D eigenvalue weighted by Crippen LogP contribution is -2.47. The molecule has 0 spiro atoms. The highest BCUT2D eigenvalue weighted by Gasteiger charge is 2.40. The number of urea groups is 1. The van der Waals surface area contributed by atoms with E-state index in [1.54, 1.807) is 18.0 Å². The summed E-state index contributed by atoms with van der Waals surface area (Å²) in [5.74, 6) is 1.09. The first-order valence-corrected chi connectivity index (χ1v) is 8.68. The molecule has 2 atom stereocenters. The average molecular weight is 325 g/mol. The fourth-order valence-corrected chi connectivity index (χ4v) is 4.27. The Hall–Kier alpha value is -2.30. The van der Waals surface area contributed by atoms with Crippen molar-refractivity contribution in [1.82, 2.24) is 15.4 Å². The molecule has 1 N–H and O–H groups in total. The Kier molecular flexibility index (Phi) is 4.00. The minimum absolute atomic E-state index is 0.0224. The van der Waals surface area contributed by atoms with Gasteiger partial charge in [-0.1, -0.05) is 29.4 Å². The van der Waals surface area contributed by atoms with Gasteiger partial charge in [-0.15, -0.1) is 0 Å². The van der Waals surface area contributed by atoms with Gasteiger partial charge in [0.25, 0.3) is 0 Å². The zero-order chi connectivity index (χ0) is 16.5. The molecular weight excluding hydrogens is 302 g/mol. The number of rotatable bonds is 3. The summed E-state index contributed by atoms with van der Waals surface area (Å²) in [6.45, 7) is 0.463. The van der Waals surface area contributed by atoms with Crippen LogP contribution < -0.4 is 5.32 Å². The quantitative estimate of drug-likeness (QED) is 0.944. The molecule has 1 aromatic heterocycles. The van der Waals surface area contributed by atoms with Crippen LogP contribution in [0.15, 0.2) is 41.1 Å². The van der Waals surface area contributed by atoms with Crippen molar-refractivity contribution in [2.24, 2.45) is 11.8 Å².